The number of hydrogen-bond donors (Lipinski definition) is 1. The van der Waals surface area contributed by atoms with Crippen LogP contribution in [0.25, 0.3) is 0 Å². The van der Waals surface area contributed by atoms with Gasteiger partial charge in [0.05, 0.1) is 4.92 Å². The van der Waals surface area contributed by atoms with Crippen molar-refractivity contribution >= 4 is 11.6 Å². The Morgan fingerprint density at radius 2 is 1.74 bits per heavy atom. The highest BCUT2D eigenvalue weighted by Crippen LogP contribution is 2.13. The third-order valence-electron chi connectivity index (χ3n) is 2.95. The first-order valence-corrected chi connectivity index (χ1v) is 6.63. The molecule has 0 heterocycles. The summed E-state index contributed by atoms with van der Waals surface area (Å²) in [5.74, 6) is -0.165. The number of rotatable bonds is 7. The number of nitro benzene ring substituents is 1. The van der Waals surface area contributed by atoms with Crippen molar-refractivity contribution in [3.63, 3.8) is 0 Å². The summed E-state index contributed by atoms with van der Waals surface area (Å²) in [7, 11) is 0. The van der Waals surface area contributed by atoms with Crippen LogP contribution in [0.2, 0.25) is 0 Å². The fraction of sp³-hybridized carbons (Fsp3) is 0.500. The second-order valence-electron chi connectivity index (χ2n) is 4.55. The zero-order valence-corrected chi connectivity index (χ0v) is 11.4. The van der Waals surface area contributed by atoms with Crippen molar-refractivity contribution in [2.75, 3.05) is 0 Å². The number of non-ortho nitro benzene ring substituents is 1. The van der Waals surface area contributed by atoms with Gasteiger partial charge in [-0.25, -0.2) is 0 Å². The van der Waals surface area contributed by atoms with Crippen LogP contribution in [0.5, 0.6) is 0 Å². The summed E-state index contributed by atoms with van der Waals surface area (Å²) < 4.78 is 0. The van der Waals surface area contributed by atoms with Crippen LogP contribution in [0.4, 0.5) is 5.69 Å². The molecule has 0 unspecified atom stereocenters. The van der Waals surface area contributed by atoms with Gasteiger partial charge in [0, 0.05) is 23.7 Å². The summed E-state index contributed by atoms with van der Waals surface area (Å²) in [6, 6.07) is 5.86. The molecule has 0 atom stereocenters. The second kappa shape index (κ2) is 7.51. The average Bonchev–Trinajstić information content (AvgIpc) is 2.39. The van der Waals surface area contributed by atoms with Crippen molar-refractivity contribution in [1.29, 1.82) is 0 Å². The molecule has 5 nitrogen and oxygen atoms in total. The number of nitro groups is 1. The highest BCUT2D eigenvalue weighted by Gasteiger charge is 2.13. The van der Waals surface area contributed by atoms with E-state index in [1.165, 1.54) is 24.3 Å². The number of nitrogens with one attached hydrogen (secondary N) is 1. The molecule has 1 rings (SSSR count). The lowest BCUT2D eigenvalue weighted by atomic mass is 10.1. The fourth-order valence-corrected chi connectivity index (χ4v) is 1.99. The molecule has 1 aromatic rings. The summed E-state index contributed by atoms with van der Waals surface area (Å²) in [6.45, 7) is 4.17. The number of carbonyl (C=O) groups excluding carboxylic acids is 1. The predicted molar refractivity (Wildman–Crippen MR) is 74.2 cm³/mol. The van der Waals surface area contributed by atoms with Gasteiger partial charge in [-0.15, -0.1) is 0 Å². The molecule has 0 saturated heterocycles. The molecule has 19 heavy (non-hydrogen) atoms. The van der Waals surface area contributed by atoms with E-state index >= 15 is 0 Å². The van der Waals surface area contributed by atoms with Crippen LogP contribution in [0, 0.1) is 10.1 Å². The molecule has 0 aromatic heterocycles. The Labute approximate surface area is 113 Å². The first-order chi connectivity index (χ1) is 9.08. The molecule has 104 valence electrons. The number of benzene rings is 1. The maximum Gasteiger partial charge on any atom is 0.269 e. The number of hydrogen-bond acceptors (Lipinski definition) is 3. The molecular weight excluding hydrogens is 244 g/mol. The summed E-state index contributed by atoms with van der Waals surface area (Å²) in [6.07, 6.45) is 3.94. The summed E-state index contributed by atoms with van der Waals surface area (Å²) in [5, 5.41) is 13.5. The Balaban J connectivity index is 2.68. The maximum absolute atomic E-state index is 12.0. The fourth-order valence-electron chi connectivity index (χ4n) is 1.99. The standard InChI is InChI=1S/C14H20N2O3/c1-3-5-12(6-4-2)15-14(17)11-7-9-13(10-8-11)16(18)19/h7-10,12H,3-6H2,1-2H3,(H,15,17). The molecule has 0 bridgehead atoms. The molecule has 0 aliphatic rings. The topological polar surface area (TPSA) is 72.2 Å². The minimum atomic E-state index is -0.474. The number of carbonyl (C=O) groups is 1. The quantitative estimate of drug-likeness (QED) is 0.606. The van der Waals surface area contributed by atoms with Crippen LogP contribution in [0.3, 0.4) is 0 Å². The molecule has 0 spiro atoms. The van der Waals surface area contributed by atoms with Gasteiger partial charge in [0.2, 0.25) is 0 Å². The van der Waals surface area contributed by atoms with E-state index in [1.807, 2.05) is 0 Å². The lowest BCUT2D eigenvalue weighted by Gasteiger charge is -2.17. The molecule has 0 aliphatic heterocycles. The normalized spacial score (nSPS) is 10.5. The highest BCUT2D eigenvalue weighted by molar-refractivity contribution is 5.94. The van der Waals surface area contributed by atoms with Gasteiger partial charge in [0.1, 0.15) is 0 Å². The molecule has 0 radical (unpaired) electrons. The molecule has 1 amide bonds. The van der Waals surface area contributed by atoms with Crippen molar-refractivity contribution in [2.24, 2.45) is 0 Å². The zero-order valence-electron chi connectivity index (χ0n) is 11.4. The van der Waals surface area contributed by atoms with Gasteiger partial charge in [0.15, 0.2) is 0 Å². The van der Waals surface area contributed by atoms with Gasteiger partial charge >= 0.3 is 0 Å². The first-order valence-electron chi connectivity index (χ1n) is 6.63. The molecular formula is C14H20N2O3. The third-order valence-corrected chi connectivity index (χ3v) is 2.95. The SMILES string of the molecule is CCCC(CCC)NC(=O)c1ccc([N+](=O)[O-])cc1. The van der Waals surface area contributed by atoms with E-state index in [9.17, 15) is 14.9 Å². The Kier molecular flexibility index (Phi) is 5.99. The van der Waals surface area contributed by atoms with E-state index in [2.05, 4.69) is 19.2 Å². The van der Waals surface area contributed by atoms with Crippen molar-refractivity contribution in [1.82, 2.24) is 5.32 Å². The van der Waals surface area contributed by atoms with Crippen molar-refractivity contribution in [3.05, 3.63) is 39.9 Å². The zero-order chi connectivity index (χ0) is 14.3. The highest BCUT2D eigenvalue weighted by atomic mass is 16.6. The van der Waals surface area contributed by atoms with Crippen molar-refractivity contribution < 1.29 is 9.72 Å². The van der Waals surface area contributed by atoms with Gasteiger partial charge in [-0.3, -0.25) is 14.9 Å². The van der Waals surface area contributed by atoms with E-state index < -0.39 is 4.92 Å². The summed E-state index contributed by atoms with van der Waals surface area (Å²) in [4.78, 5) is 22.1. The smallest absolute Gasteiger partial charge is 0.269 e. The Bertz CT molecular complexity index is 423. The lowest BCUT2D eigenvalue weighted by Crippen LogP contribution is -2.34. The summed E-state index contributed by atoms with van der Waals surface area (Å²) in [5.41, 5.74) is 0.457. The second-order valence-corrected chi connectivity index (χ2v) is 4.55. The maximum atomic E-state index is 12.0. The lowest BCUT2D eigenvalue weighted by molar-refractivity contribution is -0.384. The number of nitrogens with zero attached hydrogens (tertiary/aromatic N) is 1. The van der Waals surface area contributed by atoms with E-state index in [0.717, 1.165) is 25.7 Å². The Morgan fingerprint density at radius 1 is 1.21 bits per heavy atom. The van der Waals surface area contributed by atoms with Gasteiger partial charge < -0.3 is 5.32 Å². The largest absolute Gasteiger partial charge is 0.349 e. The Hall–Kier alpha value is -1.91. The molecule has 0 saturated carbocycles. The van der Waals surface area contributed by atoms with Gasteiger partial charge in [-0.05, 0) is 25.0 Å². The van der Waals surface area contributed by atoms with Crippen LogP contribution in [-0.4, -0.2) is 16.9 Å². The molecule has 1 aromatic carbocycles. The molecule has 0 aliphatic carbocycles. The van der Waals surface area contributed by atoms with E-state index in [-0.39, 0.29) is 17.6 Å². The predicted octanol–water partition coefficient (Wildman–Crippen LogP) is 3.29. The Morgan fingerprint density at radius 3 is 2.16 bits per heavy atom. The molecule has 1 N–H and O–H groups in total. The van der Waals surface area contributed by atoms with Gasteiger partial charge in [0.25, 0.3) is 11.6 Å². The van der Waals surface area contributed by atoms with Crippen LogP contribution in [0.15, 0.2) is 24.3 Å². The third kappa shape index (κ3) is 4.69. The van der Waals surface area contributed by atoms with Crippen LogP contribution in [0.1, 0.15) is 49.9 Å². The van der Waals surface area contributed by atoms with E-state index in [4.69, 9.17) is 0 Å². The van der Waals surface area contributed by atoms with Crippen LogP contribution >= 0.6 is 0 Å². The summed E-state index contributed by atoms with van der Waals surface area (Å²) >= 11 is 0. The molecule has 5 heteroatoms. The van der Waals surface area contributed by atoms with E-state index in [0.29, 0.717) is 5.56 Å². The average molecular weight is 264 g/mol. The first kappa shape index (κ1) is 15.1. The van der Waals surface area contributed by atoms with Gasteiger partial charge in [-0.2, -0.15) is 0 Å². The van der Waals surface area contributed by atoms with Crippen molar-refractivity contribution in [2.45, 2.75) is 45.6 Å². The van der Waals surface area contributed by atoms with Crippen LogP contribution in [-0.2, 0) is 0 Å². The minimum Gasteiger partial charge on any atom is -0.349 e. The molecule has 0 fully saturated rings. The monoisotopic (exact) mass is 264 g/mol. The van der Waals surface area contributed by atoms with Crippen LogP contribution < -0.4 is 5.32 Å². The van der Waals surface area contributed by atoms with Crippen molar-refractivity contribution in [3.8, 4) is 0 Å². The number of amides is 1. The minimum absolute atomic E-state index is 0.00443. The van der Waals surface area contributed by atoms with E-state index in [1.54, 1.807) is 0 Å². The van der Waals surface area contributed by atoms with Gasteiger partial charge in [-0.1, -0.05) is 26.7 Å².